The first-order valence-corrected chi connectivity index (χ1v) is 10.0. The lowest BCUT2D eigenvalue weighted by Crippen LogP contribution is -2.42. The van der Waals surface area contributed by atoms with E-state index in [1.54, 1.807) is 25.1 Å². The molecule has 0 spiro atoms. The summed E-state index contributed by atoms with van der Waals surface area (Å²) in [5.74, 6) is -0.784. The molecule has 1 aromatic heterocycles. The van der Waals surface area contributed by atoms with Gasteiger partial charge in [0, 0.05) is 11.1 Å². The molecule has 2 amide bonds. The van der Waals surface area contributed by atoms with E-state index in [4.69, 9.17) is 16.0 Å². The van der Waals surface area contributed by atoms with Crippen LogP contribution in [0.1, 0.15) is 18.2 Å². The third kappa shape index (κ3) is 3.98. The van der Waals surface area contributed by atoms with E-state index in [9.17, 15) is 19.2 Å². The molecular weight excluding hydrogens is 431 g/mol. The average Bonchev–Trinajstić information content (AvgIpc) is 3.25. The van der Waals surface area contributed by atoms with Gasteiger partial charge in [-0.25, -0.2) is 4.39 Å². The molecule has 0 bridgehead atoms. The van der Waals surface area contributed by atoms with Gasteiger partial charge in [0.2, 0.25) is 0 Å². The molecule has 0 N–H and O–H groups in total. The van der Waals surface area contributed by atoms with Crippen LogP contribution in [0.15, 0.2) is 81.8 Å². The lowest BCUT2D eigenvalue weighted by Gasteiger charge is -2.27. The summed E-state index contributed by atoms with van der Waals surface area (Å²) in [5, 5.41) is 10.0. The Morgan fingerprint density at radius 2 is 1.78 bits per heavy atom. The van der Waals surface area contributed by atoms with Crippen LogP contribution in [0.5, 0.6) is 0 Å². The highest BCUT2D eigenvalue weighted by atomic mass is 35.5. The van der Waals surface area contributed by atoms with Crippen molar-refractivity contribution in [2.24, 2.45) is 0 Å². The molecular formula is C25H16ClFN2O3. The van der Waals surface area contributed by atoms with Gasteiger partial charge >= 0.3 is 0 Å². The maximum atomic E-state index is 13.2. The number of carbonyl (C=O) groups is 2. The normalized spacial score (nSPS) is 15.4. The second-order valence-electron chi connectivity index (χ2n) is 7.17. The number of carbonyl (C=O) groups excluding carboxylic acids is 2. The third-order valence-electron chi connectivity index (χ3n) is 5.13. The smallest absolute Gasteiger partial charge is 0.271 e. The zero-order valence-electron chi connectivity index (χ0n) is 16.9. The van der Waals surface area contributed by atoms with Crippen molar-refractivity contribution < 1.29 is 18.4 Å². The zero-order valence-corrected chi connectivity index (χ0v) is 17.7. The van der Waals surface area contributed by atoms with Crippen molar-refractivity contribution in [3.8, 4) is 17.4 Å². The largest absolute Gasteiger partial charge is 0.457 e. The maximum absolute atomic E-state index is 13.2. The number of furan rings is 1. The Balaban J connectivity index is 1.72. The van der Waals surface area contributed by atoms with E-state index < -0.39 is 17.6 Å². The predicted octanol–water partition coefficient (Wildman–Crippen LogP) is 5.53. The van der Waals surface area contributed by atoms with E-state index in [1.807, 2.05) is 24.3 Å². The number of halogens is 2. The van der Waals surface area contributed by atoms with Crippen LogP contribution in [0.2, 0.25) is 5.02 Å². The number of nitriles is 1. The predicted molar refractivity (Wildman–Crippen MR) is 117 cm³/mol. The molecule has 0 saturated carbocycles. The summed E-state index contributed by atoms with van der Waals surface area (Å²) in [6, 6.07) is 18.0. The Hall–Kier alpha value is -3.95. The highest BCUT2D eigenvalue weighted by Gasteiger charge is 2.35. The molecule has 5 nitrogen and oxygen atoms in total. The van der Waals surface area contributed by atoms with E-state index in [0.29, 0.717) is 27.7 Å². The molecule has 1 aliphatic rings. The van der Waals surface area contributed by atoms with Crippen LogP contribution in [-0.4, -0.2) is 16.7 Å². The Bertz CT molecular complexity index is 1330. The molecule has 3 aromatic rings. The van der Waals surface area contributed by atoms with E-state index >= 15 is 0 Å². The minimum atomic E-state index is -0.687. The standard InChI is InChI=1S/C25H16ClFN2O3/c1-15-20(12-18-10-11-23(32-18)19-4-2-3-5-22(19)26)24(30)29(25(31)21(15)13-28)14-16-6-8-17(27)9-7-16/h2-12H,14H2,1H3/b20-12+. The second kappa shape index (κ2) is 8.66. The highest BCUT2D eigenvalue weighted by Crippen LogP contribution is 2.32. The molecule has 0 atom stereocenters. The Morgan fingerprint density at radius 3 is 2.47 bits per heavy atom. The van der Waals surface area contributed by atoms with Crippen LogP contribution in [0.4, 0.5) is 4.39 Å². The minimum absolute atomic E-state index is 0.0865. The van der Waals surface area contributed by atoms with Crippen molar-refractivity contribution in [3.05, 3.63) is 99.5 Å². The van der Waals surface area contributed by atoms with Crippen LogP contribution in [0.25, 0.3) is 17.4 Å². The number of amides is 2. The topological polar surface area (TPSA) is 74.3 Å². The fourth-order valence-corrected chi connectivity index (χ4v) is 3.65. The molecule has 0 saturated heterocycles. The lowest BCUT2D eigenvalue weighted by molar-refractivity contribution is -0.141. The summed E-state index contributed by atoms with van der Waals surface area (Å²) >= 11 is 6.23. The number of benzene rings is 2. The molecule has 7 heteroatoms. The van der Waals surface area contributed by atoms with E-state index in [2.05, 4.69) is 0 Å². The fraction of sp³-hybridized carbons (Fsp3) is 0.0800. The molecule has 0 radical (unpaired) electrons. The van der Waals surface area contributed by atoms with Crippen molar-refractivity contribution >= 4 is 29.5 Å². The maximum Gasteiger partial charge on any atom is 0.271 e. The van der Waals surface area contributed by atoms with Crippen LogP contribution < -0.4 is 0 Å². The lowest BCUT2D eigenvalue weighted by atomic mass is 9.94. The van der Waals surface area contributed by atoms with Gasteiger partial charge in [0.25, 0.3) is 11.8 Å². The van der Waals surface area contributed by atoms with Crippen molar-refractivity contribution in [2.45, 2.75) is 13.5 Å². The molecule has 4 rings (SSSR count). The van der Waals surface area contributed by atoms with Gasteiger partial charge in [-0.3, -0.25) is 14.5 Å². The number of hydrogen-bond acceptors (Lipinski definition) is 4. The monoisotopic (exact) mass is 446 g/mol. The minimum Gasteiger partial charge on any atom is -0.457 e. The summed E-state index contributed by atoms with van der Waals surface area (Å²) in [7, 11) is 0. The zero-order chi connectivity index (χ0) is 22.8. The van der Waals surface area contributed by atoms with Crippen LogP contribution in [0.3, 0.4) is 0 Å². The van der Waals surface area contributed by atoms with Gasteiger partial charge in [0.05, 0.1) is 11.6 Å². The molecule has 32 heavy (non-hydrogen) atoms. The van der Waals surface area contributed by atoms with Gasteiger partial charge in [-0.2, -0.15) is 5.26 Å². The summed E-state index contributed by atoms with van der Waals surface area (Å²) in [4.78, 5) is 26.9. The number of hydrogen-bond donors (Lipinski definition) is 0. The first-order chi connectivity index (χ1) is 15.4. The number of imide groups is 1. The molecule has 2 aromatic carbocycles. The van der Waals surface area contributed by atoms with Gasteiger partial charge < -0.3 is 4.42 Å². The van der Waals surface area contributed by atoms with Crippen LogP contribution in [-0.2, 0) is 16.1 Å². The first-order valence-electron chi connectivity index (χ1n) is 9.67. The fourth-order valence-electron chi connectivity index (χ4n) is 3.42. The van der Waals surface area contributed by atoms with Crippen molar-refractivity contribution in [2.75, 3.05) is 0 Å². The summed E-state index contributed by atoms with van der Waals surface area (Å²) < 4.78 is 19.1. The molecule has 0 unspecified atom stereocenters. The van der Waals surface area contributed by atoms with Gasteiger partial charge in [0.1, 0.15) is 29.0 Å². The summed E-state index contributed by atoms with van der Waals surface area (Å²) in [6.45, 7) is 1.46. The second-order valence-corrected chi connectivity index (χ2v) is 7.58. The molecule has 0 aliphatic carbocycles. The Morgan fingerprint density at radius 1 is 1.06 bits per heavy atom. The summed E-state index contributed by atoms with van der Waals surface area (Å²) in [6.07, 6.45) is 1.50. The van der Waals surface area contributed by atoms with Crippen molar-refractivity contribution in [3.63, 3.8) is 0 Å². The number of rotatable bonds is 4. The summed E-state index contributed by atoms with van der Waals surface area (Å²) in [5.41, 5.74) is 1.57. The van der Waals surface area contributed by atoms with E-state index in [1.165, 1.54) is 30.3 Å². The molecule has 0 fully saturated rings. The number of nitrogens with zero attached hydrogens (tertiary/aromatic N) is 2. The Kier molecular flexibility index (Phi) is 5.76. The Labute approximate surface area is 188 Å². The highest BCUT2D eigenvalue weighted by molar-refractivity contribution is 6.33. The van der Waals surface area contributed by atoms with E-state index in [0.717, 1.165) is 4.90 Å². The molecule has 158 valence electrons. The average molecular weight is 447 g/mol. The quantitative estimate of drug-likeness (QED) is 0.390. The molecule has 2 heterocycles. The van der Waals surface area contributed by atoms with Gasteiger partial charge in [-0.1, -0.05) is 35.9 Å². The third-order valence-corrected chi connectivity index (χ3v) is 5.46. The van der Waals surface area contributed by atoms with Gasteiger partial charge in [0.15, 0.2) is 0 Å². The first kappa shape index (κ1) is 21.3. The molecule has 1 aliphatic heterocycles. The van der Waals surface area contributed by atoms with Gasteiger partial charge in [-0.15, -0.1) is 0 Å². The van der Waals surface area contributed by atoms with Crippen LogP contribution >= 0.6 is 11.6 Å². The van der Waals surface area contributed by atoms with Crippen molar-refractivity contribution in [1.29, 1.82) is 5.26 Å². The van der Waals surface area contributed by atoms with E-state index in [-0.39, 0.29) is 23.3 Å². The van der Waals surface area contributed by atoms with Gasteiger partial charge in [-0.05, 0) is 60.5 Å². The van der Waals surface area contributed by atoms with Crippen LogP contribution in [0, 0.1) is 17.1 Å². The van der Waals surface area contributed by atoms with Crippen molar-refractivity contribution in [1.82, 2.24) is 4.90 Å². The SMILES string of the molecule is CC1=C(C#N)C(=O)N(Cc2ccc(F)cc2)C(=O)/C1=C/c1ccc(-c2ccccc2Cl)o1.